The Labute approximate surface area is 142 Å². The van der Waals surface area contributed by atoms with Crippen molar-refractivity contribution < 1.29 is 0 Å². The zero-order valence-corrected chi connectivity index (χ0v) is 14.3. The van der Waals surface area contributed by atoms with E-state index in [0.29, 0.717) is 0 Å². The molecule has 0 fully saturated rings. The molecule has 4 heteroatoms. The fourth-order valence-electron chi connectivity index (χ4n) is 2.55. The zero-order valence-electron chi connectivity index (χ0n) is 13.5. The molecule has 2 heterocycles. The SMILES string of the molecule is CC.c1ccc2c(c1)CN(Cc1ccc(-n3cccn3)cc1)S2. The van der Waals surface area contributed by atoms with Crippen molar-refractivity contribution in [1.82, 2.24) is 14.1 Å². The van der Waals surface area contributed by atoms with Crippen molar-refractivity contribution in [1.29, 1.82) is 0 Å². The molecule has 0 saturated carbocycles. The molecule has 1 aromatic heterocycles. The molecule has 0 N–H and O–H groups in total. The minimum atomic E-state index is 0.957. The first-order valence-electron chi connectivity index (χ1n) is 7.98. The van der Waals surface area contributed by atoms with Crippen LogP contribution in [-0.4, -0.2) is 14.1 Å². The Balaban J connectivity index is 0.000000753. The summed E-state index contributed by atoms with van der Waals surface area (Å²) >= 11 is 1.85. The van der Waals surface area contributed by atoms with E-state index < -0.39 is 0 Å². The monoisotopic (exact) mass is 323 g/mol. The van der Waals surface area contributed by atoms with Crippen LogP contribution in [0.25, 0.3) is 5.69 Å². The Morgan fingerprint density at radius 3 is 2.48 bits per heavy atom. The molecular weight excluding hydrogens is 302 g/mol. The average Bonchev–Trinajstić information content (AvgIpc) is 3.26. The minimum absolute atomic E-state index is 0.957. The van der Waals surface area contributed by atoms with Crippen LogP contribution < -0.4 is 0 Å². The molecule has 23 heavy (non-hydrogen) atoms. The largest absolute Gasteiger partial charge is 0.241 e. The first-order chi connectivity index (χ1) is 11.4. The lowest BCUT2D eigenvalue weighted by Gasteiger charge is -2.13. The van der Waals surface area contributed by atoms with Crippen molar-refractivity contribution in [3.05, 3.63) is 78.1 Å². The molecule has 0 spiro atoms. The number of nitrogens with zero attached hydrogens (tertiary/aromatic N) is 3. The van der Waals surface area contributed by atoms with Crippen LogP contribution in [0.15, 0.2) is 71.9 Å². The Morgan fingerprint density at radius 2 is 1.78 bits per heavy atom. The third kappa shape index (κ3) is 3.66. The van der Waals surface area contributed by atoms with Gasteiger partial charge in [-0.15, -0.1) is 0 Å². The molecule has 0 saturated heterocycles. The quantitative estimate of drug-likeness (QED) is 0.638. The van der Waals surface area contributed by atoms with E-state index in [0.717, 1.165) is 18.8 Å². The maximum absolute atomic E-state index is 4.25. The number of rotatable bonds is 3. The third-order valence-corrected chi connectivity index (χ3v) is 4.72. The van der Waals surface area contributed by atoms with Gasteiger partial charge in [-0.2, -0.15) is 5.10 Å². The summed E-state index contributed by atoms with van der Waals surface area (Å²) in [6.45, 7) is 5.97. The molecular formula is C19H21N3S. The topological polar surface area (TPSA) is 21.1 Å². The molecule has 118 valence electrons. The van der Waals surface area contributed by atoms with E-state index in [9.17, 15) is 0 Å². The highest BCUT2D eigenvalue weighted by Crippen LogP contribution is 2.36. The molecule has 0 bridgehead atoms. The van der Waals surface area contributed by atoms with Crippen molar-refractivity contribution in [2.45, 2.75) is 31.8 Å². The van der Waals surface area contributed by atoms with Gasteiger partial charge in [0.2, 0.25) is 0 Å². The van der Waals surface area contributed by atoms with E-state index in [1.54, 1.807) is 6.20 Å². The lowest BCUT2D eigenvalue weighted by Crippen LogP contribution is -2.09. The van der Waals surface area contributed by atoms with E-state index in [4.69, 9.17) is 0 Å². The van der Waals surface area contributed by atoms with Crippen LogP contribution in [0.4, 0.5) is 0 Å². The number of hydrogen-bond donors (Lipinski definition) is 0. The lowest BCUT2D eigenvalue weighted by atomic mass is 10.2. The fraction of sp³-hybridized carbons (Fsp3) is 0.211. The van der Waals surface area contributed by atoms with E-state index in [1.807, 2.05) is 42.7 Å². The van der Waals surface area contributed by atoms with E-state index in [1.165, 1.54) is 16.0 Å². The van der Waals surface area contributed by atoms with Crippen molar-refractivity contribution >= 4 is 11.9 Å². The van der Waals surface area contributed by atoms with Gasteiger partial charge >= 0.3 is 0 Å². The summed E-state index contributed by atoms with van der Waals surface area (Å²) in [6.07, 6.45) is 3.76. The maximum atomic E-state index is 4.25. The van der Waals surface area contributed by atoms with Crippen LogP contribution in [0.2, 0.25) is 0 Å². The molecule has 0 atom stereocenters. The molecule has 3 aromatic rings. The number of hydrogen-bond acceptors (Lipinski definition) is 3. The molecule has 0 aliphatic carbocycles. The minimum Gasteiger partial charge on any atom is -0.241 e. The predicted octanol–water partition coefficient (Wildman–Crippen LogP) is 4.92. The molecule has 2 aromatic carbocycles. The van der Waals surface area contributed by atoms with Crippen LogP contribution in [0, 0.1) is 0 Å². The molecule has 4 rings (SSSR count). The highest BCUT2D eigenvalue weighted by Gasteiger charge is 2.19. The van der Waals surface area contributed by atoms with Gasteiger partial charge in [0, 0.05) is 30.4 Å². The highest BCUT2D eigenvalue weighted by molar-refractivity contribution is 7.97. The van der Waals surface area contributed by atoms with Gasteiger partial charge < -0.3 is 0 Å². The summed E-state index contributed by atoms with van der Waals surface area (Å²) < 4.78 is 4.28. The van der Waals surface area contributed by atoms with Crippen molar-refractivity contribution in [2.75, 3.05) is 0 Å². The predicted molar refractivity (Wildman–Crippen MR) is 96.5 cm³/mol. The van der Waals surface area contributed by atoms with Gasteiger partial charge in [-0.05, 0) is 47.3 Å². The van der Waals surface area contributed by atoms with E-state index >= 15 is 0 Å². The van der Waals surface area contributed by atoms with E-state index in [-0.39, 0.29) is 0 Å². The normalized spacial score (nSPS) is 13.3. The van der Waals surface area contributed by atoms with Gasteiger partial charge in [-0.1, -0.05) is 44.2 Å². The molecule has 1 aliphatic rings. The Kier molecular flexibility index (Phi) is 5.16. The van der Waals surface area contributed by atoms with Gasteiger partial charge in [0.1, 0.15) is 0 Å². The molecule has 0 amide bonds. The summed E-state index contributed by atoms with van der Waals surface area (Å²) in [7, 11) is 0. The Hall–Kier alpha value is -2.04. The molecule has 0 radical (unpaired) electrons. The molecule has 3 nitrogen and oxygen atoms in total. The van der Waals surface area contributed by atoms with Crippen molar-refractivity contribution in [2.24, 2.45) is 0 Å². The summed E-state index contributed by atoms with van der Waals surface area (Å²) in [5.41, 5.74) is 3.85. The van der Waals surface area contributed by atoms with Gasteiger partial charge in [0.05, 0.1) is 5.69 Å². The van der Waals surface area contributed by atoms with Gasteiger partial charge in [-0.25, -0.2) is 8.99 Å². The van der Waals surface area contributed by atoms with Crippen LogP contribution in [-0.2, 0) is 13.1 Å². The first kappa shape index (κ1) is 15.8. The van der Waals surface area contributed by atoms with Crippen molar-refractivity contribution in [3.63, 3.8) is 0 Å². The summed E-state index contributed by atoms with van der Waals surface area (Å²) in [5, 5.41) is 4.25. The van der Waals surface area contributed by atoms with Gasteiger partial charge in [0.15, 0.2) is 0 Å². The van der Waals surface area contributed by atoms with E-state index in [2.05, 4.69) is 57.9 Å². The first-order valence-corrected chi connectivity index (χ1v) is 8.76. The Morgan fingerprint density at radius 1 is 1.00 bits per heavy atom. The van der Waals surface area contributed by atoms with Crippen LogP contribution in [0.1, 0.15) is 25.0 Å². The standard InChI is InChI=1S/C17H15N3S.C2H6/c1-2-5-17-15(4-1)13-19(21-17)12-14-6-8-16(9-7-14)20-11-3-10-18-20;1-2/h1-11H,12-13H2;1-2H3. The lowest BCUT2D eigenvalue weighted by molar-refractivity contribution is 0.475. The highest BCUT2D eigenvalue weighted by atomic mass is 32.2. The van der Waals surface area contributed by atoms with Gasteiger partial charge in [-0.3, -0.25) is 0 Å². The second-order valence-electron chi connectivity index (χ2n) is 5.11. The van der Waals surface area contributed by atoms with Gasteiger partial charge in [0.25, 0.3) is 0 Å². The number of aromatic nitrogens is 2. The number of fused-ring (bicyclic) bond motifs is 1. The van der Waals surface area contributed by atoms with Crippen molar-refractivity contribution in [3.8, 4) is 5.69 Å². The second kappa shape index (κ2) is 7.49. The van der Waals surface area contributed by atoms with Crippen LogP contribution in [0.3, 0.4) is 0 Å². The smallest absolute Gasteiger partial charge is 0.0645 e. The summed E-state index contributed by atoms with van der Waals surface area (Å²) in [4.78, 5) is 1.38. The fourth-order valence-corrected chi connectivity index (χ4v) is 3.64. The average molecular weight is 323 g/mol. The summed E-state index contributed by atoms with van der Waals surface area (Å²) in [5.74, 6) is 0. The second-order valence-corrected chi connectivity index (χ2v) is 6.25. The summed E-state index contributed by atoms with van der Waals surface area (Å²) in [6, 6.07) is 19.2. The molecule has 0 unspecified atom stereocenters. The zero-order chi connectivity index (χ0) is 16.1. The molecule has 1 aliphatic heterocycles. The van der Waals surface area contributed by atoms with Crippen LogP contribution in [0.5, 0.6) is 0 Å². The maximum Gasteiger partial charge on any atom is 0.0645 e. The number of benzene rings is 2. The van der Waals surface area contributed by atoms with Crippen LogP contribution >= 0.6 is 11.9 Å². The third-order valence-electron chi connectivity index (χ3n) is 3.61. The Bertz CT molecular complexity index is 711.